The fourth-order valence-electron chi connectivity index (χ4n) is 3.46. The summed E-state index contributed by atoms with van der Waals surface area (Å²) in [5.74, 6) is 0.749. The van der Waals surface area contributed by atoms with Crippen LogP contribution in [0, 0.1) is 0 Å². The molecule has 0 aliphatic carbocycles. The molecule has 7 nitrogen and oxygen atoms in total. The SMILES string of the molecule is CCC1OC(F)C(N=[N+]=[N-])[C@H](OCc2ccccc2)[C@@H]1OCc1ccc(OC)cc1. The average Bonchev–Trinajstić information content (AvgIpc) is 2.79. The van der Waals surface area contributed by atoms with E-state index >= 15 is 0 Å². The molecule has 0 bridgehead atoms. The Hall–Kier alpha value is -2.64. The maximum Gasteiger partial charge on any atom is 0.210 e. The lowest BCUT2D eigenvalue weighted by Crippen LogP contribution is -2.57. The quantitative estimate of drug-likeness (QED) is 0.329. The number of methoxy groups -OCH3 is 1. The molecule has 3 rings (SSSR count). The van der Waals surface area contributed by atoms with E-state index in [0.717, 1.165) is 16.9 Å². The van der Waals surface area contributed by atoms with Gasteiger partial charge in [0.2, 0.25) is 6.36 Å². The van der Waals surface area contributed by atoms with Crippen molar-refractivity contribution in [3.05, 3.63) is 76.2 Å². The number of benzene rings is 2. The Morgan fingerprint density at radius 3 is 2.23 bits per heavy atom. The van der Waals surface area contributed by atoms with Gasteiger partial charge < -0.3 is 18.9 Å². The first kappa shape index (κ1) is 22.1. The predicted molar refractivity (Wildman–Crippen MR) is 110 cm³/mol. The highest BCUT2D eigenvalue weighted by Gasteiger charge is 2.46. The lowest BCUT2D eigenvalue weighted by Gasteiger charge is -2.42. The molecule has 0 amide bonds. The van der Waals surface area contributed by atoms with E-state index in [0.29, 0.717) is 6.42 Å². The Kier molecular flexibility index (Phi) is 8.04. The molecule has 2 aromatic carbocycles. The van der Waals surface area contributed by atoms with Gasteiger partial charge in [-0.2, -0.15) is 0 Å². The molecular formula is C22H26FN3O4. The van der Waals surface area contributed by atoms with E-state index in [-0.39, 0.29) is 13.2 Å². The largest absolute Gasteiger partial charge is 0.497 e. The molecule has 160 valence electrons. The molecule has 1 saturated heterocycles. The van der Waals surface area contributed by atoms with E-state index in [1.165, 1.54) is 0 Å². The van der Waals surface area contributed by atoms with Gasteiger partial charge in [0.1, 0.15) is 24.0 Å². The van der Waals surface area contributed by atoms with Crippen LogP contribution in [0.25, 0.3) is 10.4 Å². The van der Waals surface area contributed by atoms with Crippen LogP contribution in [-0.4, -0.2) is 37.8 Å². The summed E-state index contributed by atoms with van der Waals surface area (Å²) < 4.78 is 37.4. The minimum atomic E-state index is -1.76. The van der Waals surface area contributed by atoms with Crippen molar-refractivity contribution in [3.63, 3.8) is 0 Å². The maximum atomic E-state index is 14.6. The van der Waals surface area contributed by atoms with Crippen molar-refractivity contribution < 1.29 is 23.3 Å². The van der Waals surface area contributed by atoms with Gasteiger partial charge in [0.15, 0.2) is 0 Å². The summed E-state index contributed by atoms with van der Waals surface area (Å²) in [6, 6.07) is 15.9. The van der Waals surface area contributed by atoms with E-state index in [1.807, 2.05) is 61.5 Å². The Bertz CT molecular complexity index is 830. The van der Waals surface area contributed by atoms with Crippen molar-refractivity contribution >= 4 is 0 Å². The van der Waals surface area contributed by atoms with Crippen molar-refractivity contribution in [2.24, 2.45) is 5.11 Å². The molecule has 0 N–H and O–H groups in total. The summed E-state index contributed by atoms with van der Waals surface area (Å²) in [7, 11) is 1.61. The Morgan fingerprint density at radius 2 is 1.63 bits per heavy atom. The topological polar surface area (TPSA) is 85.7 Å². The van der Waals surface area contributed by atoms with E-state index in [4.69, 9.17) is 24.5 Å². The zero-order valence-electron chi connectivity index (χ0n) is 17.1. The Balaban J connectivity index is 1.78. The lowest BCUT2D eigenvalue weighted by molar-refractivity contribution is -0.244. The Morgan fingerprint density at radius 1 is 1.00 bits per heavy atom. The number of ether oxygens (including phenoxy) is 4. The van der Waals surface area contributed by atoms with E-state index in [9.17, 15) is 4.39 Å². The minimum absolute atomic E-state index is 0.245. The first-order valence-corrected chi connectivity index (χ1v) is 9.90. The second kappa shape index (κ2) is 10.9. The molecule has 30 heavy (non-hydrogen) atoms. The third-order valence-electron chi connectivity index (χ3n) is 5.07. The third-order valence-corrected chi connectivity index (χ3v) is 5.07. The summed E-state index contributed by atoms with van der Waals surface area (Å²) in [4.78, 5) is 2.79. The van der Waals surface area contributed by atoms with E-state index in [1.54, 1.807) is 7.11 Å². The highest BCUT2D eigenvalue weighted by atomic mass is 19.1. The molecule has 8 heteroatoms. The molecular weight excluding hydrogens is 389 g/mol. The first-order chi connectivity index (χ1) is 14.7. The van der Waals surface area contributed by atoms with Crippen LogP contribution in [0.1, 0.15) is 24.5 Å². The average molecular weight is 415 g/mol. The normalized spacial score (nSPS) is 26.0. The summed E-state index contributed by atoms with van der Waals surface area (Å²) in [6.45, 7) is 2.41. The molecule has 1 heterocycles. The smallest absolute Gasteiger partial charge is 0.210 e. The van der Waals surface area contributed by atoms with Crippen LogP contribution in [0.4, 0.5) is 4.39 Å². The summed E-state index contributed by atoms with van der Waals surface area (Å²) in [5, 5.41) is 3.61. The number of hydrogen-bond donors (Lipinski definition) is 0. The van der Waals surface area contributed by atoms with Gasteiger partial charge in [-0.3, -0.25) is 0 Å². The molecule has 3 unspecified atom stereocenters. The lowest BCUT2D eigenvalue weighted by atomic mass is 9.95. The van der Waals surface area contributed by atoms with Gasteiger partial charge in [-0.05, 0) is 35.2 Å². The summed E-state index contributed by atoms with van der Waals surface area (Å²) in [5.41, 5.74) is 10.8. The van der Waals surface area contributed by atoms with Crippen LogP contribution in [0.3, 0.4) is 0 Å². The third kappa shape index (κ3) is 5.49. The molecule has 0 radical (unpaired) electrons. The molecule has 0 spiro atoms. The number of nitrogens with zero attached hydrogens (tertiary/aromatic N) is 3. The van der Waals surface area contributed by atoms with Crippen molar-refractivity contribution in [3.8, 4) is 5.75 Å². The van der Waals surface area contributed by atoms with E-state index < -0.39 is 30.7 Å². The Labute approximate surface area is 175 Å². The van der Waals surface area contributed by atoms with Gasteiger partial charge in [-0.1, -0.05) is 54.5 Å². The molecule has 0 saturated carbocycles. The summed E-state index contributed by atoms with van der Waals surface area (Å²) in [6.07, 6.45) is -3.13. The molecule has 1 fully saturated rings. The van der Waals surface area contributed by atoms with Crippen LogP contribution in [0.5, 0.6) is 5.75 Å². The zero-order chi connectivity index (χ0) is 21.3. The standard InChI is InChI=1S/C22H26FN3O4/c1-3-18-20(28-14-16-9-11-17(27-2)12-10-16)21(19(25-26-24)22(23)30-18)29-13-15-7-5-4-6-8-15/h4-12,18-22H,3,13-14H2,1-2H3/t18?,19?,20-,21+,22?/m1/s1. The first-order valence-electron chi connectivity index (χ1n) is 9.90. The van der Waals surface area contributed by atoms with Crippen molar-refractivity contribution in [2.45, 2.75) is 57.3 Å². The number of halogens is 1. The number of rotatable bonds is 9. The fourth-order valence-corrected chi connectivity index (χ4v) is 3.46. The van der Waals surface area contributed by atoms with Crippen LogP contribution < -0.4 is 4.74 Å². The van der Waals surface area contributed by atoms with Crippen molar-refractivity contribution in [1.82, 2.24) is 0 Å². The van der Waals surface area contributed by atoms with Crippen LogP contribution >= 0.6 is 0 Å². The van der Waals surface area contributed by atoms with Crippen molar-refractivity contribution in [1.29, 1.82) is 0 Å². The number of azide groups is 1. The maximum absolute atomic E-state index is 14.6. The second-order valence-electron chi connectivity index (χ2n) is 7.01. The van der Waals surface area contributed by atoms with Crippen LogP contribution in [0.2, 0.25) is 0 Å². The highest BCUT2D eigenvalue weighted by Crippen LogP contribution is 2.31. The fraction of sp³-hybridized carbons (Fsp3) is 0.455. The van der Waals surface area contributed by atoms with E-state index in [2.05, 4.69) is 10.0 Å². The molecule has 5 atom stereocenters. The molecule has 0 aromatic heterocycles. The number of alkyl halides is 1. The van der Waals surface area contributed by atoms with Gasteiger partial charge in [0, 0.05) is 4.91 Å². The predicted octanol–water partition coefficient (Wildman–Crippen LogP) is 4.95. The highest BCUT2D eigenvalue weighted by molar-refractivity contribution is 5.26. The monoisotopic (exact) mass is 415 g/mol. The molecule has 1 aliphatic rings. The van der Waals surface area contributed by atoms with Crippen LogP contribution in [0.15, 0.2) is 59.7 Å². The van der Waals surface area contributed by atoms with Crippen molar-refractivity contribution in [2.75, 3.05) is 7.11 Å². The van der Waals surface area contributed by atoms with Gasteiger partial charge >= 0.3 is 0 Å². The minimum Gasteiger partial charge on any atom is -0.497 e. The van der Waals surface area contributed by atoms with Gasteiger partial charge in [-0.25, -0.2) is 4.39 Å². The van der Waals surface area contributed by atoms with Gasteiger partial charge in [0.05, 0.1) is 26.4 Å². The van der Waals surface area contributed by atoms with Gasteiger partial charge in [-0.15, -0.1) is 0 Å². The number of hydrogen-bond acceptors (Lipinski definition) is 5. The molecule has 1 aliphatic heterocycles. The second-order valence-corrected chi connectivity index (χ2v) is 7.01. The summed E-state index contributed by atoms with van der Waals surface area (Å²) >= 11 is 0. The molecule has 2 aromatic rings. The van der Waals surface area contributed by atoms with Crippen LogP contribution in [-0.2, 0) is 27.4 Å². The van der Waals surface area contributed by atoms with Gasteiger partial charge in [0.25, 0.3) is 0 Å². The zero-order valence-corrected chi connectivity index (χ0v) is 17.1.